The van der Waals surface area contributed by atoms with Crippen molar-refractivity contribution in [2.75, 3.05) is 19.7 Å². The first-order valence-corrected chi connectivity index (χ1v) is 7.55. The number of hydrogen-bond acceptors (Lipinski definition) is 3. The number of amides is 2. The lowest BCUT2D eigenvalue weighted by atomic mass is 10.1. The predicted molar refractivity (Wildman–Crippen MR) is 84.9 cm³/mol. The van der Waals surface area contributed by atoms with Crippen LogP contribution in [0.4, 0.5) is 0 Å². The zero-order valence-electron chi connectivity index (χ0n) is 12.5. The van der Waals surface area contributed by atoms with Crippen LogP contribution < -0.4 is 10.1 Å². The van der Waals surface area contributed by atoms with Gasteiger partial charge in [-0.1, -0.05) is 18.2 Å². The van der Waals surface area contributed by atoms with E-state index in [0.717, 1.165) is 23.3 Å². The maximum atomic E-state index is 12.0. The summed E-state index contributed by atoms with van der Waals surface area (Å²) in [7, 11) is 0. The minimum atomic E-state index is -0.260. The van der Waals surface area contributed by atoms with Crippen molar-refractivity contribution in [2.45, 2.75) is 19.9 Å². The van der Waals surface area contributed by atoms with Crippen molar-refractivity contribution < 1.29 is 14.3 Å². The van der Waals surface area contributed by atoms with E-state index in [9.17, 15) is 9.59 Å². The Hall–Kier alpha value is -2.01. The highest BCUT2D eigenvalue weighted by Gasteiger charge is 2.18. The van der Waals surface area contributed by atoms with Crippen LogP contribution in [-0.2, 0) is 22.6 Å². The van der Waals surface area contributed by atoms with Gasteiger partial charge in [-0.3, -0.25) is 9.59 Å². The highest BCUT2D eigenvalue weighted by atomic mass is 35.5. The fourth-order valence-corrected chi connectivity index (χ4v) is 2.64. The lowest BCUT2D eigenvalue weighted by molar-refractivity contribution is -0.132. The molecule has 0 radical (unpaired) electrons. The van der Waals surface area contributed by atoms with Crippen molar-refractivity contribution in [3.63, 3.8) is 0 Å². The fraction of sp³-hybridized carbons (Fsp3) is 0.375. The van der Waals surface area contributed by atoms with Gasteiger partial charge in [0.25, 0.3) is 0 Å². The first-order chi connectivity index (χ1) is 10.5. The van der Waals surface area contributed by atoms with Crippen molar-refractivity contribution in [1.29, 1.82) is 0 Å². The summed E-state index contributed by atoms with van der Waals surface area (Å²) in [5, 5.41) is 3.42. The number of nitrogens with zero attached hydrogens (tertiary/aromatic N) is 1. The standard InChI is InChI=1S/C16H19ClN2O3/c1-3-15(21)19(4-2)10-14(20)18-9-12-8-13(17)7-11-5-6-22-16(11)12/h3,7-8H,1,4-6,9-10H2,2H3,(H,18,20). The van der Waals surface area contributed by atoms with E-state index in [0.29, 0.717) is 24.7 Å². The summed E-state index contributed by atoms with van der Waals surface area (Å²) < 4.78 is 5.59. The van der Waals surface area contributed by atoms with Crippen LogP contribution in [0.25, 0.3) is 0 Å². The first-order valence-electron chi connectivity index (χ1n) is 7.17. The van der Waals surface area contributed by atoms with Gasteiger partial charge in [-0.25, -0.2) is 0 Å². The number of fused-ring (bicyclic) bond motifs is 1. The number of halogens is 1. The first kappa shape index (κ1) is 16.4. The fourth-order valence-electron chi connectivity index (χ4n) is 2.38. The summed E-state index contributed by atoms with van der Waals surface area (Å²) in [6, 6.07) is 3.68. The highest BCUT2D eigenvalue weighted by molar-refractivity contribution is 6.30. The second-order valence-electron chi connectivity index (χ2n) is 4.98. The van der Waals surface area contributed by atoms with E-state index in [4.69, 9.17) is 16.3 Å². The van der Waals surface area contributed by atoms with Gasteiger partial charge in [0.05, 0.1) is 13.2 Å². The van der Waals surface area contributed by atoms with Crippen LogP contribution in [0, 0.1) is 0 Å². The van der Waals surface area contributed by atoms with Gasteiger partial charge in [-0.15, -0.1) is 0 Å². The molecule has 1 heterocycles. The maximum Gasteiger partial charge on any atom is 0.246 e. The number of carbonyl (C=O) groups excluding carboxylic acids is 2. The number of nitrogens with one attached hydrogen (secondary N) is 1. The molecule has 0 aliphatic carbocycles. The Morgan fingerprint density at radius 1 is 1.50 bits per heavy atom. The second kappa shape index (κ2) is 7.31. The zero-order chi connectivity index (χ0) is 16.1. The summed E-state index contributed by atoms with van der Waals surface area (Å²) in [6.45, 7) is 6.65. The number of likely N-dealkylation sites (N-methyl/N-ethyl adjacent to an activating group) is 1. The average molecular weight is 323 g/mol. The molecule has 0 unspecified atom stereocenters. The van der Waals surface area contributed by atoms with E-state index >= 15 is 0 Å². The summed E-state index contributed by atoms with van der Waals surface area (Å²) in [5.74, 6) is 0.313. The smallest absolute Gasteiger partial charge is 0.246 e. The zero-order valence-corrected chi connectivity index (χ0v) is 13.3. The number of rotatable bonds is 6. The summed E-state index contributed by atoms with van der Waals surface area (Å²) >= 11 is 6.08. The summed E-state index contributed by atoms with van der Waals surface area (Å²) in [4.78, 5) is 24.9. The molecule has 0 spiro atoms. The van der Waals surface area contributed by atoms with Crippen molar-refractivity contribution >= 4 is 23.4 Å². The van der Waals surface area contributed by atoms with Crippen molar-refractivity contribution in [1.82, 2.24) is 10.2 Å². The molecule has 118 valence electrons. The minimum Gasteiger partial charge on any atom is -0.493 e. The largest absolute Gasteiger partial charge is 0.493 e. The second-order valence-corrected chi connectivity index (χ2v) is 5.42. The van der Waals surface area contributed by atoms with Gasteiger partial charge in [-0.05, 0) is 30.7 Å². The molecule has 1 N–H and O–H groups in total. The Bertz CT molecular complexity index is 601. The van der Waals surface area contributed by atoms with E-state index in [1.165, 1.54) is 11.0 Å². The molecule has 0 aromatic heterocycles. The van der Waals surface area contributed by atoms with Crippen LogP contribution in [0.3, 0.4) is 0 Å². The van der Waals surface area contributed by atoms with E-state index in [-0.39, 0.29) is 18.4 Å². The molecule has 0 fully saturated rings. The van der Waals surface area contributed by atoms with Crippen LogP contribution in [0.15, 0.2) is 24.8 Å². The molecular weight excluding hydrogens is 304 g/mol. The van der Waals surface area contributed by atoms with Crippen LogP contribution in [0.2, 0.25) is 5.02 Å². The van der Waals surface area contributed by atoms with E-state index in [2.05, 4.69) is 11.9 Å². The van der Waals surface area contributed by atoms with Gasteiger partial charge in [0, 0.05) is 30.1 Å². The number of hydrogen-bond donors (Lipinski definition) is 1. The van der Waals surface area contributed by atoms with Crippen LogP contribution in [0.5, 0.6) is 5.75 Å². The van der Waals surface area contributed by atoms with Crippen molar-refractivity contribution in [2.24, 2.45) is 0 Å². The molecule has 1 aromatic rings. The van der Waals surface area contributed by atoms with Crippen molar-refractivity contribution in [3.05, 3.63) is 40.9 Å². The molecule has 5 nitrogen and oxygen atoms in total. The van der Waals surface area contributed by atoms with Gasteiger partial charge in [0.2, 0.25) is 11.8 Å². The number of carbonyl (C=O) groups is 2. The third-order valence-electron chi connectivity index (χ3n) is 3.50. The molecule has 0 bridgehead atoms. The third-order valence-corrected chi connectivity index (χ3v) is 3.72. The number of benzene rings is 1. The van der Waals surface area contributed by atoms with Gasteiger partial charge >= 0.3 is 0 Å². The van der Waals surface area contributed by atoms with Gasteiger partial charge in [0.1, 0.15) is 5.75 Å². The summed E-state index contributed by atoms with van der Waals surface area (Å²) in [5.41, 5.74) is 1.92. The van der Waals surface area contributed by atoms with Gasteiger partial charge < -0.3 is 15.0 Å². The molecule has 0 saturated carbocycles. The Kier molecular flexibility index (Phi) is 5.44. The van der Waals surface area contributed by atoms with Crippen LogP contribution in [0.1, 0.15) is 18.1 Å². The van der Waals surface area contributed by atoms with Gasteiger partial charge in [0.15, 0.2) is 0 Å². The monoisotopic (exact) mass is 322 g/mol. The number of ether oxygens (including phenoxy) is 1. The summed E-state index contributed by atoms with van der Waals surface area (Å²) in [6.07, 6.45) is 2.03. The molecule has 1 aromatic carbocycles. The molecule has 1 aliphatic heterocycles. The normalized spacial score (nSPS) is 12.3. The Labute approximate surface area is 134 Å². The highest BCUT2D eigenvalue weighted by Crippen LogP contribution is 2.32. The third kappa shape index (κ3) is 3.80. The molecule has 22 heavy (non-hydrogen) atoms. The lowest BCUT2D eigenvalue weighted by Gasteiger charge is -2.18. The molecule has 0 atom stereocenters. The van der Waals surface area contributed by atoms with E-state index in [1.54, 1.807) is 6.07 Å². The molecular formula is C16H19ClN2O3. The topological polar surface area (TPSA) is 58.6 Å². The van der Waals surface area contributed by atoms with E-state index < -0.39 is 0 Å². The van der Waals surface area contributed by atoms with Crippen molar-refractivity contribution in [3.8, 4) is 5.75 Å². The average Bonchev–Trinajstić information content (AvgIpc) is 2.97. The van der Waals surface area contributed by atoms with Crippen LogP contribution in [-0.4, -0.2) is 36.4 Å². The quantitative estimate of drug-likeness (QED) is 0.814. The predicted octanol–water partition coefficient (Wildman–Crippen LogP) is 1.93. The lowest BCUT2D eigenvalue weighted by Crippen LogP contribution is -2.39. The molecule has 2 amide bonds. The Morgan fingerprint density at radius 2 is 2.27 bits per heavy atom. The Balaban J connectivity index is 1.97. The molecule has 1 aliphatic rings. The van der Waals surface area contributed by atoms with Crippen LogP contribution >= 0.6 is 11.6 Å². The molecule has 2 rings (SSSR count). The molecule has 6 heteroatoms. The minimum absolute atomic E-state index is 0.00493. The Morgan fingerprint density at radius 3 is 2.95 bits per heavy atom. The maximum absolute atomic E-state index is 12.0. The molecule has 0 saturated heterocycles. The van der Waals surface area contributed by atoms with E-state index in [1.807, 2.05) is 13.0 Å². The SMILES string of the molecule is C=CC(=O)N(CC)CC(=O)NCc1cc(Cl)cc2c1OCC2. The van der Waals surface area contributed by atoms with Gasteiger partial charge in [-0.2, -0.15) is 0 Å².